The normalized spacial score (nSPS) is 16.5. The standard InChI is InChI=1S/C13H23N5/c1-4-14-13(16-12-6-5-7-12)17(2)9-11-8-15-18(3)10-11/h8,10,12H,4-7,9H2,1-3H3,(H,14,16). The molecule has 0 radical (unpaired) electrons. The van der Waals surface area contributed by atoms with Crippen molar-refractivity contribution in [3.05, 3.63) is 18.0 Å². The molecular formula is C13H23N5. The third-order valence-corrected chi connectivity index (χ3v) is 3.29. The van der Waals surface area contributed by atoms with Crippen molar-refractivity contribution < 1.29 is 0 Å². The van der Waals surface area contributed by atoms with Gasteiger partial charge < -0.3 is 10.2 Å². The largest absolute Gasteiger partial charge is 0.354 e. The van der Waals surface area contributed by atoms with Crippen LogP contribution >= 0.6 is 0 Å². The fraction of sp³-hybridized carbons (Fsp3) is 0.692. The molecule has 1 fully saturated rings. The molecule has 0 unspecified atom stereocenters. The Bertz CT molecular complexity index is 405. The Labute approximate surface area is 109 Å². The molecule has 1 aromatic rings. The first-order valence-corrected chi connectivity index (χ1v) is 6.68. The third kappa shape index (κ3) is 3.24. The van der Waals surface area contributed by atoms with Gasteiger partial charge in [-0.3, -0.25) is 9.67 Å². The number of nitrogens with one attached hydrogen (secondary N) is 1. The lowest BCUT2D eigenvalue weighted by molar-refractivity contribution is 0.359. The van der Waals surface area contributed by atoms with Crippen molar-refractivity contribution in [3.63, 3.8) is 0 Å². The molecule has 1 aliphatic carbocycles. The van der Waals surface area contributed by atoms with Gasteiger partial charge in [-0.25, -0.2) is 0 Å². The first-order valence-electron chi connectivity index (χ1n) is 6.68. The molecule has 2 rings (SSSR count). The van der Waals surface area contributed by atoms with E-state index in [1.165, 1.54) is 24.8 Å². The van der Waals surface area contributed by atoms with E-state index in [9.17, 15) is 0 Å². The van der Waals surface area contributed by atoms with Crippen LogP contribution in [0.5, 0.6) is 0 Å². The molecule has 1 N–H and O–H groups in total. The van der Waals surface area contributed by atoms with Crippen LogP contribution in [0.1, 0.15) is 31.7 Å². The first kappa shape index (κ1) is 12.9. The number of nitrogens with zero attached hydrogens (tertiary/aromatic N) is 4. The minimum absolute atomic E-state index is 0.617. The second-order valence-electron chi connectivity index (χ2n) is 4.95. The Balaban J connectivity index is 1.94. The van der Waals surface area contributed by atoms with Crippen LogP contribution < -0.4 is 5.32 Å². The van der Waals surface area contributed by atoms with Crippen molar-refractivity contribution in [2.75, 3.05) is 13.6 Å². The van der Waals surface area contributed by atoms with Gasteiger partial charge in [0.05, 0.1) is 6.20 Å². The van der Waals surface area contributed by atoms with Crippen molar-refractivity contribution in [2.45, 2.75) is 38.8 Å². The van der Waals surface area contributed by atoms with E-state index >= 15 is 0 Å². The molecule has 1 aliphatic rings. The van der Waals surface area contributed by atoms with Crippen LogP contribution in [0.25, 0.3) is 0 Å². The van der Waals surface area contributed by atoms with E-state index in [-0.39, 0.29) is 0 Å². The summed E-state index contributed by atoms with van der Waals surface area (Å²) in [7, 11) is 4.02. The van der Waals surface area contributed by atoms with Gasteiger partial charge in [0.25, 0.3) is 0 Å². The molecule has 0 bridgehead atoms. The molecule has 1 heterocycles. The molecule has 0 spiro atoms. The van der Waals surface area contributed by atoms with Gasteiger partial charge in [0.2, 0.25) is 0 Å². The summed E-state index contributed by atoms with van der Waals surface area (Å²) in [5.74, 6) is 1.01. The molecule has 1 saturated carbocycles. The average molecular weight is 249 g/mol. The fourth-order valence-electron chi connectivity index (χ4n) is 2.06. The van der Waals surface area contributed by atoms with Crippen molar-refractivity contribution in [1.82, 2.24) is 20.0 Å². The second-order valence-corrected chi connectivity index (χ2v) is 4.95. The number of guanidine groups is 1. The number of rotatable bonds is 4. The molecule has 100 valence electrons. The molecule has 1 aromatic heterocycles. The molecule has 0 amide bonds. The van der Waals surface area contributed by atoms with E-state index in [0.29, 0.717) is 6.04 Å². The maximum Gasteiger partial charge on any atom is 0.194 e. The van der Waals surface area contributed by atoms with Gasteiger partial charge >= 0.3 is 0 Å². The van der Waals surface area contributed by atoms with E-state index in [4.69, 9.17) is 0 Å². The zero-order chi connectivity index (χ0) is 13.0. The number of hydrogen-bond donors (Lipinski definition) is 1. The lowest BCUT2D eigenvalue weighted by Gasteiger charge is -2.31. The van der Waals surface area contributed by atoms with Gasteiger partial charge in [-0.1, -0.05) is 0 Å². The highest BCUT2D eigenvalue weighted by Gasteiger charge is 2.20. The van der Waals surface area contributed by atoms with E-state index in [2.05, 4.69) is 34.3 Å². The highest BCUT2D eigenvalue weighted by molar-refractivity contribution is 5.80. The van der Waals surface area contributed by atoms with E-state index in [1.807, 2.05) is 24.1 Å². The van der Waals surface area contributed by atoms with Crippen molar-refractivity contribution in [2.24, 2.45) is 12.0 Å². The summed E-state index contributed by atoms with van der Waals surface area (Å²) in [5, 5.41) is 7.72. The summed E-state index contributed by atoms with van der Waals surface area (Å²) in [6.45, 7) is 3.72. The maximum atomic E-state index is 4.55. The molecular weight excluding hydrogens is 226 g/mol. The lowest BCUT2D eigenvalue weighted by atomic mass is 9.93. The van der Waals surface area contributed by atoms with Gasteiger partial charge in [-0.15, -0.1) is 0 Å². The van der Waals surface area contributed by atoms with Crippen LogP contribution in [-0.2, 0) is 13.6 Å². The smallest absolute Gasteiger partial charge is 0.194 e. The van der Waals surface area contributed by atoms with Crippen molar-refractivity contribution >= 4 is 5.96 Å². The Morgan fingerprint density at radius 1 is 1.61 bits per heavy atom. The quantitative estimate of drug-likeness (QED) is 0.647. The first-order chi connectivity index (χ1) is 8.69. The highest BCUT2D eigenvalue weighted by Crippen LogP contribution is 2.18. The topological polar surface area (TPSA) is 45.5 Å². The Morgan fingerprint density at radius 3 is 2.89 bits per heavy atom. The Kier molecular flexibility index (Phi) is 4.23. The van der Waals surface area contributed by atoms with Crippen LogP contribution in [0.4, 0.5) is 0 Å². The average Bonchev–Trinajstić information content (AvgIpc) is 2.67. The zero-order valence-corrected chi connectivity index (χ0v) is 11.6. The summed E-state index contributed by atoms with van der Waals surface area (Å²) in [6, 6.07) is 0.617. The Morgan fingerprint density at radius 2 is 2.39 bits per heavy atom. The molecule has 5 nitrogen and oxygen atoms in total. The monoisotopic (exact) mass is 249 g/mol. The van der Waals surface area contributed by atoms with Gasteiger partial charge in [-0.2, -0.15) is 5.10 Å². The van der Waals surface area contributed by atoms with E-state index < -0.39 is 0 Å². The fourth-order valence-corrected chi connectivity index (χ4v) is 2.06. The van der Waals surface area contributed by atoms with Crippen LogP contribution in [0.2, 0.25) is 0 Å². The summed E-state index contributed by atoms with van der Waals surface area (Å²) in [6.07, 6.45) is 7.82. The van der Waals surface area contributed by atoms with Gasteiger partial charge in [0, 0.05) is 45.0 Å². The Hall–Kier alpha value is -1.52. The van der Waals surface area contributed by atoms with Gasteiger partial charge in [0.1, 0.15) is 0 Å². The van der Waals surface area contributed by atoms with Crippen LogP contribution in [0.15, 0.2) is 17.4 Å². The van der Waals surface area contributed by atoms with Crippen molar-refractivity contribution in [3.8, 4) is 0 Å². The van der Waals surface area contributed by atoms with Crippen LogP contribution in [-0.4, -0.2) is 40.3 Å². The summed E-state index contributed by atoms with van der Waals surface area (Å²) in [5.41, 5.74) is 1.21. The third-order valence-electron chi connectivity index (χ3n) is 3.29. The van der Waals surface area contributed by atoms with Crippen molar-refractivity contribution in [1.29, 1.82) is 0 Å². The molecule has 0 atom stereocenters. The number of aliphatic imine (C=N–C) groups is 1. The molecule has 5 heteroatoms. The predicted octanol–water partition coefficient (Wildman–Crippen LogP) is 1.37. The second kappa shape index (κ2) is 5.89. The minimum atomic E-state index is 0.617. The van der Waals surface area contributed by atoms with Gasteiger partial charge in [-0.05, 0) is 26.2 Å². The maximum absolute atomic E-state index is 4.55. The summed E-state index contributed by atoms with van der Waals surface area (Å²) >= 11 is 0. The predicted molar refractivity (Wildman–Crippen MR) is 73.4 cm³/mol. The number of hydrogen-bond acceptors (Lipinski definition) is 2. The molecule has 18 heavy (non-hydrogen) atoms. The van der Waals surface area contributed by atoms with Gasteiger partial charge in [0.15, 0.2) is 5.96 Å². The summed E-state index contributed by atoms with van der Waals surface area (Å²) in [4.78, 5) is 6.72. The zero-order valence-electron chi connectivity index (χ0n) is 11.6. The molecule has 0 aliphatic heterocycles. The minimum Gasteiger partial charge on any atom is -0.354 e. The number of aromatic nitrogens is 2. The SMILES string of the molecule is CCN=C(NC1CCC1)N(C)Cc1cnn(C)c1. The number of aryl methyl sites for hydroxylation is 1. The van der Waals surface area contributed by atoms with E-state index in [1.54, 1.807) is 0 Å². The lowest BCUT2D eigenvalue weighted by Crippen LogP contribution is -2.46. The van der Waals surface area contributed by atoms with Crippen LogP contribution in [0, 0.1) is 0 Å². The molecule has 0 aromatic carbocycles. The highest BCUT2D eigenvalue weighted by atomic mass is 15.3. The van der Waals surface area contributed by atoms with Crippen LogP contribution in [0.3, 0.4) is 0 Å². The molecule has 0 saturated heterocycles. The summed E-state index contributed by atoms with van der Waals surface area (Å²) < 4.78 is 1.83. The van der Waals surface area contributed by atoms with E-state index in [0.717, 1.165) is 19.0 Å².